The lowest BCUT2D eigenvalue weighted by Crippen LogP contribution is -2.44. The van der Waals surface area contributed by atoms with Gasteiger partial charge in [0, 0.05) is 18.9 Å². The van der Waals surface area contributed by atoms with Crippen molar-refractivity contribution in [3.63, 3.8) is 0 Å². The highest BCUT2D eigenvalue weighted by Gasteiger charge is 2.34. The van der Waals surface area contributed by atoms with Crippen molar-refractivity contribution in [1.82, 2.24) is 5.32 Å². The molecule has 0 radical (unpaired) electrons. The van der Waals surface area contributed by atoms with E-state index in [1.165, 1.54) is 5.56 Å². The average molecular weight is 233 g/mol. The van der Waals surface area contributed by atoms with Crippen LogP contribution in [-0.4, -0.2) is 36.6 Å². The Hall–Kier alpha value is -1.35. The second kappa shape index (κ2) is 4.88. The van der Waals surface area contributed by atoms with E-state index in [0.717, 1.165) is 30.5 Å². The first kappa shape index (κ1) is 12.1. The molecule has 1 aromatic rings. The molecule has 1 fully saturated rings. The van der Waals surface area contributed by atoms with E-state index in [2.05, 4.69) is 36.6 Å². The summed E-state index contributed by atoms with van der Waals surface area (Å²) in [5.74, 6) is 0.0863. The number of nitrogens with one attached hydrogen (secondary N) is 1. The number of nitrogens with zero attached hydrogens (tertiary/aromatic N) is 1. The zero-order chi connectivity index (χ0) is 12.3. The van der Waals surface area contributed by atoms with Crippen LogP contribution in [0, 0.1) is 0 Å². The third-order valence-electron chi connectivity index (χ3n) is 3.49. The van der Waals surface area contributed by atoms with Crippen molar-refractivity contribution < 1.29 is 9.28 Å². The van der Waals surface area contributed by atoms with Crippen LogP contribution in [0.3, 0.4) is 0 Å². The largest absolute Gasteiger partial charge is 0.348 e. The standard InChI is InChI=1S/C14H20N2O/c1-12(17)15-14-8-9-16(2,11-14)10-13-6-4-3-5-7-13/h3-7,14H,8-11H2,1-2H3/p+1. The molecule has 92 valence electrons. The fourth-order valence-electron chi connectivity index (χ4n) is 2.76. The van der Waals surface area contributed by atoms with Crippen LogP contribution in [0.5, 0.6) is 0 Å². The number of rotatable bonds is 3. The minimum Gasteiger partial charge on any atom is -0.348 e. The number of carbonyl (C=O) groups is 1. The van der Waals surface area contributed by atoms with Gasteiger partial charge in [0.2, 0.25) is 5.91 Å². The topological polar surface area (TPSA) is 29.1 Å². The number of quaternary nitrogens is 1. The maximum absolute atomic E-state index is 11.1. The number of likely N-dealkylation sites (tertiary alicyclic amines) is 1. The number of likely N-dealkylation sites (N-methyl/N-ethyl adjacent to an activating group) is 1. The molecule has 0 saturated carbocycles. The fraction of sp³-hybridized carbons (Fsp3) is 0.500. The molecular formula is C14H21N2O+. The van der Waals surface area contributed by atoms with Crippen LogP contribution in [0.25, 0.3) is 0 Å². The third-order valence-corrected chi connectivity index (χ3v) is 3.49. The summed E-state index contributed by atoms with van der Waals surface area (Å²) in [6.45, 7) is 4.82. The van der Waals surface area contributed by atoms with Crippen LogP contribution < -0.4 is 5.32 Å². The quantitative estimate of drug-likeness (QED) is 0.788. The van der Waals surface area contributed by atoms with Crippen LogP contribution in [0.4, 0.5) is 0 Å². The van der Waals surface area contributed by atoms with Crippen LogP contribution >= 0.6 is 0 Å². The first-order chi connectivity index (χ1) is 8.07. The summed E-state index contributed by atoms with van der Waals surface area (Å²) in [6, 6.07) is 10.9. The highest BCUT2D eigenvalue weighted by molar-refractivity contribution is 5.73. The molecule has 1 aliphatic rings. The Balaban J connectivity index is 1.95. The lowest BCUT2D eigenvalue weighted by Gasteiger charge is -2.29. The number of amides is 1. The summed E-state index contributed by atoms with van der Waals surface area (Å²) in [5, 5.41) is 3.03. The van der Waals surface area contributed by atoms with Crippen molar-refractivity contribution in [3.8, 4) is 0 Å². The molecular weight excluding hydrogens is 212 g/mol. The summed E-state index contributed by atoms with van der Waals surface area (Å²) in [7, 11) is 2.27. The van der Waals surface area contributed by atoms with Gasteiger partial charge >= 0.3 is 0 Å². The molecule has 1 amide bonds. The maximum atomic E-state index is 11.1. The van der Waals surface area contributed by atoms with E-state index in [0.29, 0.717) is 6.04 Å². The van der Waals surface area contributed by atoms with Gasteiger partial charge in [-0.15, -0.1) is 0 Å². The minimum atomic E-state index is 0.0863. The Labute approximate surface area is 103 Å². The minimum absolute atomic E-state index is 0.0863. The van der Waals surface area contributed by atoms with E-state index < -0.39 is 0 Å². The van der Waals surface area contributed by atoms with Crippen LogP contribution in [0.2, 0.25) is 0 Å². The predicted octanol–water partition coefficient (Wildman–Crippen LogP) is 1.54. The molecule has 17 heavy (non-hydrogen) atoms. The number of hydrogen-bond donors (Lipinski definition) is 1. The molecule has 2 atom stereocenters. The first-order valence-corrected chi connectivity index (χ1v) is 6.22. The van der Waals surface area contributed by atoms with Gasteiger partial charge in [0.05, 0.1) is 26.2 Å². The summed E-state index contributed by atoms with van der Waals surface area (Å²) >= 11 is 0. The summed E-state index contributed by atoms with van der Waals surface area (Å²) < 4.78 is 1.02. The van der Waals surface area contributed by atoms with Gasteiger partial charge in [-0.25, -0.2) is 0 Å². The van der Waals surface area contributed by atoms with E-state index in [-0.39, 0.29) is 5.91 Å². The molecule has 3 heteroatoms. The van der Waals surface area contributed by atoms with Gasteiger partial charge in [0.1, 0.15) is 6.54 Å². The van der Waals surface area contributed by atoms with Gasteiger partial charge in [-0.05, 0) is 0 Å². The number of hydrogen-bond acceptors (Lipinski definition) is 1. The molecule has 0 spiro atoms. The van der Waals surface area contributed by atoms with Crippen molar-refractivity contribution in [1.29, 1.82) is 0 Å². The normalized spacial score (nSPS) is 28.0. The lowest BCUT2D eigenvalue weighted by atomic mass is 10.2. The molecule has 0 bridgehead atoms. The smallest absolute Gasteiger partial charge is 0.217 e. The highest BCUT2D eigenvalue weighted by Crippen LogP contribution is 2.21. The van der Waals surface area contributed by atoms with E-state index in [1.807, 2.05) is 6.07 Å². The van der Waals surface area contributed by atoms with Crippen LogP contribution in [0.1, 0.15) is 18.9 Å². The molecule has 1 heterocycles. The highest BCUT2D eigenvalue weighted by atomic mass is 16.1. The van der Waals surface area contributed by atoms with E-state index in [4.69, 9.17) is 0 Å². The van der Waals surface area contributed by atoms with Gasteiger partial charge in [-0.3, -0.25) is 4.79 Å². The van der Waals surface area contributed by atoms with Gasteiger partial charge in [-0.2, -0.15) is 0 Å². The Morgan fingerprint density at radius 3 is 2.76 bits per heavy atom. The second-order valence-electron chi connectivity index (χ2n) is 5.36. The Kier molecular flexibility index (Phi) is 3.48. The molecule has 2 rings (SSSR count). The Bertz CT molecular complexity index is 390. The first-order valence-electron chi connectivity index (χ1n) is 6.22. The summed E-state index contributed by atoms with van der Waals surface area (Å²) in [5.41, 5.74) is 1.37. The van der Waals surface area contributed by atoms with E-state index in [1.54, 1.807) is 6.92 Å². The molecule has 0 aliphatic carbocycles. The molecule has 3 nitrogen and oxygen atoms in total. The van der Waals surface area contributed by atoms with Crippen molar-refractivity contribution in [2.45, 2.75) is 25.9 Å². The van der Waals surface area contributed by atoms with Gasteiger partial charge < -0.3 is 9.80 Å². The van der Waals surface area contributed by atoms with Crippen LogP contribution in [0.15, 0.2) is 30.3 Å². The molecule has 1 saturated heterocycles. The number of benzene rings is 1. The SMILES string of the molecule is CC(=O)NC1CC[N+](C)(Cc2ccccc2)C1. The average Bonchev–Trinajstić information content (AvgIpc) is 2.60. The monoisotopic (exact) mass is 233 g/mol. The molecule has 0 aromatic heterocycles. The molecule has 1 aliphatic heterocycles. The molecule has 1 N–H and O–H groups in total. The Morgan fingerprint density at radius 1 is 1.41 bits per heavy atom. The van der Waals surface area contributed by atoms with Crippen molar-refractivity contribution in [2.75, 3.05) is 20.1 Å². The van der Waals surface area contributed by atoms with Crippen LogP contribution in [-0.2, 0) is 11.3 Å². The third kappa shape index (κ3) is 3.30. The summed E-state index contributed by atoms with van der Waals surface area (Å²) in [6.07, 6.45) is 1.09. The fourth-order valence-corrected chi connectivity index (χ4v) is 2.76. The zero-order valence-corrected chi connectivity index (χ0v) is 10.6. The maximum Gasteiger partial charge on any atom is 0.217 e. The predicted molar refractivity (Wildman–Crippen MR) is 68.3 cm³/mol. The summed E-state index contributed by atoms with van der Waals surface area (Å²) in [4.78, 5) is 11.1. The molecule has 1 aromatic carbocycles. The zero-order valence-electron chi connectivity index (χ0n) is 10.6. The van der Waals surface area contributed by atoms with Crippen molar-refractivity contribution in [3.05, 3.63) is 35.9 Å². The van der Waals surface area contributed by atoms with Crippen molar-refractivity contribution >= 4 is 5.91 Å². The van der Waals surface area contributed by atoms with Crippen molar-refractivity contribution in [2.24, 2.45) is 0 Å². The van der Waals surface area contributed by atoms with E-state index in [9.17, 15) is 4.79 Å². The van der Waals surface area contributed by atoms with Gasteiger partial charge in [0.15, 0.2) is 0 Å². The lowest BCUT2D eigenvalue weighted by molar-refractivity contribution is -0.911. The van der Waals surface area contributed by atoms with Gasteiger partial charge in [0.25, 0.3) is 0 Å². The second-order valence-corrected chi connectivity index (χ2v) is 5.36. The molecule has 2 unspecified atom stereocenters. The van der Waals surface area contributed by atoms with E-state index >= 15 is 0 Å². The van der Waals surface area contributed by atoms with Gasteiger partial charge in [-0.1, -0.05) is 30.3 Å². The Morgan fingerprint density at radius 2 is 2.12 bits per heavy atom. The number of carbonyl (C=O) groups excluding carboxylic acids is 1.